The van der Waals surface area contributed by atoms with Crippen LogP contribution in [-0.2, 0) is 9.53 Å². The molecule has 0 aromatic heterocycles. The Labute approximate surface area is 204 Å². The molecule has 1 aliphatic heterocycles. The highest BCUT2D eigenvalue weighted by Gasteiger charge is 2.34. The highest BCUT2D eigenvalue weighted by molar-refractivity contribution is 7.80. The number of rotatable bonds is 6. The minimum absolute atomic E-state index is 0.253. The Morgan fingerprint density at radius 2 is 1.85 bits per heavy atom. The molecule has 0 spiro atoms. The number of hydrogen-bond donors (Lipinski definition) is 3. The third-order valence-electron chi connectivity index (χ3n) is 5.23. The minimum atomic E-state index is -0.474. The predicted molar refractivity (Wildman–Crippen MR) is 135 cm³/mol. The van der Waals surface area contributed by atoms with Crippen LogP contribution in [0.4, 0.5) is 16.2 Å². The van der Waals surface area contributed by atoms with Gasteiger partial charge in [-0.3, -0.25) is 0 Å². The van der Waals surface area contributed by atoms with Gasteiger partial charge in [-0.2, -0.15) is 5.26 Å². The molecule has 0 aliphatic carbocycles. The standard InChI is InChI=1S/C25H27N5O3S/c1-5-30-16(4)21(23(31)33-15(2)3)22(29-25(30)34)18-9-11-19(12-10-18)27-24(32)28-20-8-6-7-17(13-20)14-26/h6-13,15,22H,5H2,1-4H3,(H,29,34)(H2,27,28,32). The molecule has 1 unspecified atom stereocenters. The topological polar surface area (TPSA) is 106 Å². The third kappa shape index (κ3) is 5.71. The Balaban J connectivity index is 1.79. The van der Waals surface area contributed by atoms with Crippen LogP contribution in [0.1, 0.15) is 44.9 Å². The molecule has 0 fully saturated rings. The van der Waals surface area contributed by atoms with Crippen LogP contribution in [0, 0.1) is 11.3 Å². The molecule has 3 N–H and O–H groups in total. The molecular weight excluding hydrogens is 450 g/mol. The molecule has 2 amide bonds. The van der Waals surface area contributed by atoms with Gasteiger partial charge in [-0.1, -0.05) is 18.2 Å². The molecule has 8 nitrogen and oxygen atoms in total. The molecule has 34 heavy (non-hydrogen) atoms. The number of benzene rings is 2. The number of allylic oxidation sites excluding steroid dienone is 1. The molecule has 1 atom stereocenters. The van der Waals surface area contributed by atoms with E-state index in [0.29, 0.717) is 34.2 Å². The van der Waals surface area contributed by atoms with Gasteiger partial charge in [-0.25, -0.2) is 9.59 Å². The summed E-state index contributed by atoms with van der Waals surface area (Å²) in [5.41, 5.74) is 3.60. The number of ether oxygens (including phenoxy) is 1. The number of anilines is 2. The Morgan fingerprint density at radius 3 is 2.47 bits per heavy atom. The van der Waals surface area contributed by atoms with Gasteiger partial charge < -0.3 is 25.6 Å². The van der Waals surface area contributed by atoms with Crippen molar-refractivity contribution in [1.29, 1.82) is 5.26 Å². The zero-order valence-electron chi connectivity index (χ0n) is 19.5. The van der Waals surface area contributed by atoms with E-state index in [1.54, 1.807) is 36.4 Å². The van der Waals surface area contributed by atoms with Crippen molar-refractivity contribution < 1.29 is 14.3 Å². The van der Waals surface area contributed by atoms with E-state index < -0.39 is 18.0 Å². The molecule has 9 heteroatoms. The van der Waals surface area contributed by atoms with Crippen molar-refractivity contribution in [3.8, 4) is 6.07 Å². The summed E-state index contributed by atoms with van der Waals surface area (Å²) in [5, 5.41) is 18.2. The third-order valence-corrected chi connectivity index (χ3v) is 5.56. The van der Waals surface area contributed by atoms with E-state index in [0.717, 1.165) is 11.3 Å². The second kappa shape index (κ2) is 10.8. The molecule has 0 saturated carbocycles. The van der Waals surface area contributed by atoms with Crippen LogP contribution in [-0.4, -0.2) is 34.7 Å². The molecular formula is C25H27N5O3S. The Hall–Kier alpha value is -3.90. The van der Waals surface area contributed by atoms with Gasteiger partial charge in [-0.05, 0) is 75.8 Å². The van der Waals surface area contributed by atoms with Crippen molar-refractivity contribution in [2.45, 2.75) is 39.8 Å². The molecule has 3 rings (SSSR count). The van der Waals surface area contributed by atoms with Crippen LogP contribution in [0.3, 0.4) is 0 Å². The van der Waals surface area contributed by atoms with Gasteiger partial charge in [0.2, 0.25) is 0 Å². The van der Waals surface area contributed by atoms with E-state index in [9.17, 15) is 9.59 Å². The van der Waals surface area contributed by atoms with Gasteiger partial charge >= 0.3 is 12.0 Å². The van der Waals surface area contributed by atoms with E-state index in [1.807, 2.05) is 50.8 Å². The number of carbonyl (C=O) groups excluding carboxylic acids is 2. The first-order chi connectivity index (χ1) is 16.2. The van der Waals surface area contributed by atoms with Crippen LogP contribution in [0.5, 0.6) is 0 Å². The Kier molecular flexibility index (Phi) is 7.87. The normalized spacial score (nSPS) is 15.5. The van der Waals surface area contributed by atoms with Crippen molar-refractivity contribution >= 4 is 40.7 Å². The molecule has 0 radical (unpaired) electrons. The van der Waals surface area contributed by atoms with Crippen molar-refractivity contribution in [2.75, 3.05) is 17.2 Å². The van der Waals surface area contributed by atoms with E-state index >= 15 is 0 Å². The average molecular weight is 478 g/mol. The van der Waals surface area contributed by atoms with Crippen LogP contribution in [0.15, 0.2) is 59.8 Å². The number of carbonyl (C=O) groups is 2. The molecule has 2 aromatic carbocycles. The lowest BCUT2D eigenvalue weighted by atomic mass is 9.94. The van der Waals surface area contributed by atoms with Gasteiger partial charge in [-0.15, -0.1) is 0 Å². The lowest BCUT2D eigenvalue weighted by Crippen LogP contribution is -2.47. The van der Waals surface area contributed by atoms with Gasteiger partial charge in [0, 0.05) is 23.6 Å². The van der Waals surface area contributed by atoms with Gasteiger partial charge in [0.1, 0.15) is 0 Å². The van der Waals surface area contributed by atoms with Crippen molar-refractivity contribution in [2.24, 2.45) is 0 Å². The first-order valence-electron chi connectivity index (χ1n) is 10.9. The van der Waals surface area contributed by atoms with Gasteiger partial charge in [0.15, 0.2) is 5.11 Å². The number of thiocarbonyl (C=S) groups is 1. The highest BCUT2D eigenvalue weighted by atomic mass is 32.1. The van der Waals surface area contributed by atoms with Crippen molar-refractivity contribution in [3.05, 3.63) is 70.9 Å². The van der Waals surface area contributed by atoms with Crippen LogP contribution in [0.25, 0.3) is 0 Å². The maximum Gasteiger partial charge on any atom is 0.338 e. The summed E-state index contributed by atoms with van der Waals surface area (Å²) in [6, 6.07) is 14.9. The smallest absolute Gasteiger partial charge is 0.338 e. The Bertz CT molecular complexity index is 1170. The summed E-state index contributed by atoms with van der Waals surface area (Å²) in [6.45, 7) is 8.07. The van der Waals surface area contributed by atoms with E-state index in [1.165, 1.54) is 0 Å². The maximum atomic E-state index is 12.9. The van der Waals surface area contributed by atoms with Crippen LogP contribution < -0.4 is 16.0 Å². The number of nitriles is 1. The number of hydrogen-bond acceptors (Lipinski definition) is 5. The fraction of sp³-hybridized carbons (Fsp3) is 0.280. The zero-order chi connectivity index (χ0) is 24.8. The maximum absolute atomic E-state index is 12.9. The second-order valence-corrected chi connectivity index (χ2v) is 8.36. The fourth-order valence-electron chi connectivity index (χ4n) is 3.67. The monoisotopic (exact) mass is 477 g/mol. The number of esters is 1. The van der Waals surface area contributed by atoms with Crippen molar-refractivity contribution in [1.82, 2.24) is 10.2 Å². The number of urea groups is 1. The Morgan fingerprint density at radius 1 is 1.18 bits per heavy atom. The summed E-state index contributed by atoms with van der Waals surface area (Å²) in [4.78, 5) is 27.2. The van der Waals surface area contributed by atoms with E-state index in [2.05, 4.69) is 16.0 Å². The molecule has 1 aliphatic rings. The van der Waals surface area contributed by atoms with Gasteiger partial charge in [0.05, 0.1) is 29.4 Å². The summed E-state index contributed by atoms with van der Waals surface area (Å²) >= 11 is 5.51. The number of nitrogens with one attached hydrogen (secondary N) is 3. The van der Waals surface area contributed by atoms with Crippen LogP contribution in [0.2, 0.25) is 0 Å². The lowest BCUT2D eigenvalue weighted by Gasteiger charge is -2.37. The average Bonchev–Trinajstić information content (AvgIpc) is 2.79. The van der Waals surface area contributed by atoms with Crippen molar-refractivity contribution in [3.63, 3.8) is 0 Å². The summed E-state index contributed by atoms with van der Waals surface area (Å²) in [5.74, 6) is -0.396. The zero-order valence-corrected chi connectivity index (χ0v) is 20.3. The molecule has 2 aromatic rings. The van der Waals surface area contributed by atoms with E-state index in [4.69, 9.17) is 22.2 Å². The highest BCUT2D eigenvalue weighted by Crippen LogP contribution is 2.32. The van der Waals surface area contributed by atoms with E-state index in [-0.39, 0.29) is 6.10 Å². The SMILES string of the molecule is CCN1C(=S)NC(c2ccc(NC(=O)Nc3cccc(C#N)c3)cc2)C(C(=O)OC(C)C)=C1C. The molecule has 1 heterocycles. The largest absolute Gasteiger partial charge is 0.459 e. The first kappa shape index (κ1) is 24.7. The number of amides is 2. The molecule has 0 bridgehead atoms. The lowest BCUT2D eigenvalue weighted by molar-refractivity contribution is -0.143. The van der Waals surface area contributed by atoms with Crippen LogP contribution >= 0.6 is 12.2 Å². The predicted octanol–water partition coefficient (Wildman–Crippen LogP) is 4.68. The molecule has 176 valence electrons. The number of nitrogens with zero attached hydrogens (tertiary/aromatic N) is 2. The molecule has 0 saturated heterocycles. The summed E-state index contributed by atoms with van der Waals surface area (Å²) in [7, 11) is 0. The summed E-state index contributed by atoms with van der Waals surface area (Å²) < 4.78 is 5.50. The summed E-state index contributed by atoms with van der Waals surface area (Å²) in [6.07, 6.45) is -0.253. The minimum Gasteiger partial charge on any atom is -0.459 e. The quantitative estimate of drug-likeness (QED) is 0.410. The second-order valence-electron chi connectivity index (χ2n) is 7.97. The first-order valence-corrected chi connectivity index (χ1v) is 11.3. The fourth-order valence-corrected chi connectivity index (χ4v) is 4.06. The van der Waals surface area contributed by atoms with Gasteiger partial charge in [0.25, 0.3) is 0 Å².